The minimum Gasteiger partial charge on any atom is -0.273 e. The Labute approximate surface area is 129 Å². The molecule has 1 rings (SSSR count). The number of nitro benzene ring substituents is 1. The number of benzene rings is 1. The molecule has 22 heavy (non-hydrogen) atoms. The fourth-order valence-electron chi connectivity index (χ4n) is 2.00. The Balaban J connectivity index is 2.54. The number of unbranched alkanes of at least 4 members (excludes halogenated alkanes) is 1. The summed E-state index contributed by atoms with van der Waals surface area (Å²) in [5.41, 5.74) is 4.89. The molecule has 0 bridgehead atoms. The zero-order valence-corrected chi connectivity index (χ0v) is 12.8. The van der Waals surface area contributed by atoms with Crippen molar-refractivity contribution in [2.24, 2.45) is 5.92 Å². The molecule has 0 heterocycles. The molecular formula is C15H21N3O4. The number of rotatable bonds is 7. The molecule has 1 aromatic carbocycles. The second kappa shape index (κ2) is 8.76. The zero-order valence-electron chi connectivity index (χ0n) is 12.8. The third-order valence-electron chi connectivity index (χ3n) is 3.41. The summed E-state index contributed by atoms with van der Waals surface area (Å²) in [5.74, 6) is -0.850. The summed E-state index contributed by atoms with van der Waals surface area (Å²) < 4.78 is 0. The van der Waals surface area contributed by atoms with Crippen LogP contribution in [0.3, 0.4) is 0 Å². The summed E-state index contributed by atoms with van der Waals surface area (Å²) in [7, 11) is 0. The van der Waals surface area contributed by atoms with Crippen molar-refractivity contribution in [3.63, 3.8) is 0 Å². The van der Waals surface area contributed by atoms with Crippen molar-refractivity contribution >= 4 is 17.5 Å². The molecular weight excluding hydrogens is 286 g/mol. The molecule has 0 saturated heterocycles. The van der Waals surface area contributed by atoms with Crippen molar-refractivity contribution in [1.29, 1.82) is 0 Å². The van der Waals surface area contributed by atoms with Gasteiger partial charge in [-0.25, -0.2) is 0 Å². The molecule has 0 aliphatic rings. The molecule has 0 radical (unpaired) electrons. The summed E-state index contributed by atoms with van der Waals surface area (Å²) in [4.78, 5) is 33.8. The van der Waals surface area contributed by atoms with Gasteiger partial charge >= 0.3 is 0 Å². The number of carbonyl (C=O) groups is 2. The van der Waals surface area contributed by atoms with Gasteiger partial charge in [0.2, 0.25) is 5.91 Å². The maximum atomic E-state index is 11.9. The number of hydrazine groups is 1. The number of hydrogen-bond acceptors (Lipinski definition) is 4. The van der Waals surface area contributed by atoms with Gasteiger partial charge in [-0.3, -0.25) is 30.6 Å². The van der Waals surface area contributed by atoms with E-state index >= 15 is 0 Å². The van der Waals surface area contributed by atoms with Gasteiger partial charge in [0.1, 0.15) is 0 Å². The highest BCUT2D eigenvalue weighted by Crippen LogP contribution is 2.13. The second-order valence-corrected chi connectivity index (χ2v) is 4.99. The Morgan fingerprint density at radius 1 is 1.18 bits per heavy atom. The van der Waals surface area contributed by atoms with Gasteiger partial charge in [-0.05, 0) is 25.0 Å². The Morgan fingerprint density at radius 3 is 2.32 bits per heavy atom. The molecule has 0 fully saturated rings. The molecule has 1 unspecified atom stereocenters. The number of amides is 2. The maximum absolute atomic E-state index is 11.9. The average Bonchev–Trinajstić information content (AvgIpc) is 2.53. The largest absolute Gasteiger partial charge is 0.273 e. The number of carbonyl (C=O) groups excluding carboxylic acids is 2. The Bertz CT molecular complexity index is 528. The molecule has 0 aliphatic heterocycles. The number of nitrogens with zero attached hydrogens (tertiary/aromatic N) is 1. The van der Waals surface area contributed by atoms with Gasteiger partial charge in [0.15, 0.2) is 0 Å². The predicted octanol–water partition coefficient (Wildman–Crippen LogP) is 2.57. The summed E-state index contributed by atoms with van der Waals surface area (Å²) in [6, 6.07) is 5.17. The summed E-state index contributed by atoms with van der Waals surface area (Å²) in [6.07, 6.45) is 3.46. The Hall–Kier alpha value is -2.44. The summed E-state index contributed by atoms with van der Waals surface area (Å²) in [6.45, 7) is 3.99. The highest BCUT2D eigenvalue weighted by atomic mass is 16.6. The molecule has 1 aromatic rings. The summed E-state index contributed by atoms with van der Waals surface area (Å²) >= 11 is 0. The van der Waals surface area contributed by atoms with Crippen LogP contribution >= 0.6 is 0 Å². The fourth-order valence-corrected chi connectivity index (χ4v) is 2.00. The molecule has 0 saturated carbocycles. The quantitative estimate of drug-likeness (QED) is 0.597. The van der Waals surface area contributed by atoms with Crippen LogP contribution in [0.25, 0.3) is 0 Å². The molecule has 0 aliphatic carbocycles. The first-order chi connectivity index (χ1) is 10.5. The van der Waals surface area contributed by atoms with Gasteiger partial charge in [0, 0.05) is 23.6 Å². The van der Waals surface area contributed by atoms with Gasteiger partial charge in [0.25, 0.3) is 11.6 Å². The molecule has 120 valence electrons. The fraction of sp³-hybridized carbons (Fsp3) is 0.467. The van der Waals surface area contributed by atoms with E-state index in [1.54, 1.807) is 0 Å². The van der Waals surface area contributed by atoms with Crippen LogP contribution in [-0.4, -0.2) is 16.7 Å². The molecule has 0 aromatic heterocycles. The van der Waals surface area contributed by atoms with Crippen molar-refractivity contribution in [2.45, 2.75) is 39.5 Å². The number of nitro groups is 1. The minimum absolute atomic E-state index is 0.0915. The number of nitrogens with one attached hydrogen (secondary N) is 2. The van der Waals surface area contributed by atoms with Gasteiger partial charge in [-0.1, -0.05) is 26.7 Å². The topological polar surface area (TPSA) is 101 Å². The highest BCUT2D eigenvalue weighted by molar-refractivity contribution is 5.95. The molecule has 2 amide bonds. The zero-order chi connectivity index (χ0) is 16.5. The average molecular weight is 307 g/mol. The van der Waals surface area contributed by atoms with E-state index in [1.807, 2.05) is 6.92 Å². The lowest BCUT2D eigenvalue weighted by Gasteiger charge is -2.15. The third kappa shape index (κ3) is 5.16. The predicted molar refractivity (Wildman–Crippen MR) is 82.0 cm³/mol. The monoisotopic (exact) mass is 307 g/mol. The van der Waals surface area contributed by atoms with E-state index < -0.39 is 10.8 Å². The lowest BCUT2D eigenvalue weighted by molar-refractivity contribution is -0.384. The second-order valence-electron chi connectivity index (χ2n) is 4.99. The standard InChI is InChI=1S/C15H21N3O4/c1-3-5-6-11(4-2)14(19)16-17-15(20)12-7-9-13(10-8-12)18(21)22/h7-11H,3-6H2,1-2H3,(H,16,19)(H,17,20). The van der Waals surface area contributed by atoms with Crippen molar-refractivity contribution < 1.29 is 14.5 Å². The van der Waals surface area contributed by atoms with Gasteiger partial charge in [0.05, 0.1) is 4.92 Å². The smallest absolute Gasteiger partial charge is 0.269 e. The van der Waals surface area contributed by atoms with Gasteiger partial charge in [-0.15, -0.1) is 0 Å². The van der Waals surface area contributed by atoms with Gasteiger partial charge < -0.3 is 0 Å². The normalized spacial score (nSPS) is 11.5. The minimum atomic E-state index is -0.539. The van der Waals surface area contributed by atoms with Crippen molar-refractivity contribution in [3.8, 4) is 0 Å². The van der Waals surface area contributed by atoms with Crippen LogP contribution < -0.4 is 10.9 Å². The van der Waals surface area contributed by atoms with Crippen LogP contribution in [0.15, 0.2) is 24.3 Å². The Kier molecular flexibility index (Phi) is 7.01. The van der Waals surface area contributed by atoms with Crippen LogP contribution in [0.1, 0.15) is 49.9 Å². The first kappa shape index (κ1) is 17.6. The van der Waals surface area contributed by atoms with Crippen LogP contribution in [0.5, 0.6) is 0 Å². The lowest BCUT2D eigenvalue weighted by atomic mass is 9.99. The van der Waals surface area contributed by atoms with Crippen LogP contribution in [0, 0.1) is 16.0 Å². The number of hydrogen-bond donors (Lipinski definition) is 2. The van der Waals surface area contributed by atoms with Crippen molar-refractivity contribution in [2.75, 3.05) is 0 Å². The highest BCUT2D eigenvalue weighted by Gasteiger charge is 2.17. The van der Waals surface area contributed by atoms with Crippen LogP contribution in [0.4, 0.5) is 5.69 Å². The van der Waals surface area contributed by atoms with E-state index in [2.05, 4.69) is 17.8 Å². The van der Waals surface area contributed by atoms with E-state index in [9.17, 15) is 19.7 Å². The first-order valence-electron chi connectivity index (χ1n) is 7.34. The summed E-state index contributed by atoms with van der Waals surface area (Å²) in [5, 5.41) is 10.5. The van der Waals surface area contributed by atoms with E-state index in [0.29, 0.717) is 6.42 Å². The molecule has 2 N–H and O–H groups in total. The third-order valence-corrected chi connectivity index (χ3v) is 3.41. The molecule has 0 spiro atoms. The van der Waals surface area contributed by atoms with E-state index in [0.717, 1.165) is 19.3 Å². The van der Waals surface area contributed by atoms with E-state index in [1.165, 1.54) is 24.3 Å². The van der Waals surface area contributed by atoms with Crippen LogP contribution in [0.2, 0.25) is 0 Å². The molecule has 7 heteroatoms. The molecule has 1 atom stereocenters. The van der Waals surface area contributed by atoms with Crippen molar-refractivity contribution in [1.82, 2.24) is 10.9 Å². The maximum Gasteiger partial charge on any atom is 0.269 e. The van der Waals surface area contributed by atoms with Crippen molar-refractivity contribution in [3.05, 3.63) is 39.9 Å². The van der Waals surface area contributed by atoms with E-state index in [4.69, 9.17) is 0 Å². The van der Waals surface area contributed by atoms with Crippen LogP contribution in [-0.2, 0) is 4.79 Å². The van der Waals surface area contributed by atoms with Gasteiger partial charge in [-0.2, -0.15) is 0 Å². The molecule has 7 nitrogen and oxygen atoms in total. The number of non-ortho nitro benzene ring substituents is 1. The first-order valence-corrected chi connectivity index (χ1v) is 7.34. The Morgan fingerprint density at radius 2 is 1.82 bits per heavy atom. The SMILES string of the molecule is CCCCC(CC)C(=O)NNC(=O)c1ccc([N+](=O)[O-])cc1. The lowest BCUT2D eigenvalue weighted by Crippen LogP contribution is -2.44. The van der Waals surface area contributed by atoms with E-state index in [-0.39, 0.29) is 23.1 Å².